The lowest BCUT2D eigenvalue weighted by molar-refractivity contribution is -0.0501. The van der Waals surface area contributed by atoms with Gasteiger partial charge in [0, 0.05) is 11.4 Å². The van der Waals surface area contributed by atoms with Crippen LogP contribution in [0, 0.1) is 5.82 Å². The highest BCUT2D eigenvalue weighted by atomic mass is 32.2. The number of thioether (sulfide) groups is 1. The van der Waals surface area contributed by atoms with Crippen LogP contribution in [-0.2, 0) is 0 Å². The number of carbonyl (C=O) groups is 1. The number of amides is 1. The van der Waals surface area contributed by atoms with E-state index in [0.717, 1.165) is 10.6 Å². The summed E-state index contributed by atoms with van der Waals surface area (Å²) in [4.78, 5) is 13.0. The summed E-state index contributed by atoms with van der Waals surface area (Å²) in [5.41, 5.74) is 0.0731. The average molecular weight is 355 g/mol. The van der Waals surface area contributed by atoms with Crippen LogP contribution in [0.4, 0.5) is 13.2 Å². The maximum Gasteiger partial charge on any atom is 0.387 e. The number of halogens is 3. The Kier molecular flexibility index (Phi) is 6.99. The Labute approximate surface area is 142 Å². The number of ether oxygens (including phenoxy) is 1. The highest BCUT2D eigenvalue weighted by Crippen LogP contribution is 2.20. The van der Waals surface area contributed by atoms with Crippen molar-refractivity contribution in [2.45, 2.75) is 17.9 Å². The molecule has 0 aliphatic heterocycles. The second-order valence-electron chi connectivity index (χ2n) is 4.79. The number of para-hydroxylation sites is 1. The number of carbonyl (C=O) groups excluding carboxylic acids is 1. The van der Waals surface area contributed by atoms with Crippen LogP contribution in [0.5, 0.6) is 5.75 Å². The average Bonchev–Trinajstić information content (AvgIpc) is 2.56. The molecule has 0 saturated heterocycles. The lowest BCUT2D eigenvalue weighted by atomic mass is 10.2. The second-order valence-corrected chi connectivity index (χ2v) is 5.95. The standard InChI is InChI=1S/C17H16F3NO2S/c18-12-6-8-13(9-7-12)24-11-3-10-21-16(22)14-4-1-2-5-15(14)23-17(19)20/h1-2,4-9,17H,3,10-11H2,(H,21,22). The van der Waals surface area contributed by atoms with Crippen LogP contribution >= 0.6 is 11.8 Å². The number of alkyl halides is 2. The summed E-state index contributed by atoms with van der Waals surface area (Å²) in [5.74, 6) is -0.152. The molecule has 0 aliphatic rings. The Morgan fingerprint density at radius 1 is 1.12 bits per heavy atom. The van der Waals surface area contributed by atoms with Gasteiger partial charge >= 0.3 is 6.61 Å². The van der Waals surface area contributed by atoms with E-state index in [-0.39, 0.29) is 17.1 Å². The highest BCUT2D eigenvalue weighted by Gasteiger charge is 2.14. The summed E-state index contributed by atoms with van der Waals surface area (Å²) < 4.78 is 41.8. The first kappa shape index (κ1) is 18.2. The predicted octanol–water partition coefficient (Wildman–Crippen LogP) is 4.34. The van der Waals surface area contributed by atoms with Gasteiger partial charge in [-0.15, -0.1) is 11.8 Å². The van der Waals surface area contributed by atoms with Crippen LogP contribution in [0.3, 0.4) is 0 Å². The van der Waals surface area contributed by atoms with Crippen molar-refractivity contribution in [3.63, 3.8) is 0 Å². The first-order valence-electron chi connectivity index (χ1n) is 7.26. The monoisotopic (exact) mass is 355 g/mol. The van der Waals surface area contributed by atoms with Gasteiger partial charge in [0.25, 0.3) is 5.91 Å². The van der Waals surface area contributed by atoms with Gasteiger partial charge in [0.2, 0.25) is 0 Å². The Balaban J connectivity index is 1.76. The Morgan fingerprint density at radius 3 is 2.54 bits per heavy atom. The van der Waals surface area contributed by atoms with Crippen molar-refractivity contribution in [1.82, 2.24) is 5.32 Å². The van der Waals surface area contributed by atoms with Crippen molar-refractivity contribution >= 4 is 17.7 Å². The molecule has 0 aliphatic carbocycles. The minimum absolute atomic E-state index is 0.0731. The number of rotatable bonds is 8. The predicted molar refractivity (Wildman–Crippen MR) is 87.1 cm³/mol. The number of benzene rings is 2. The van der Waals surface area contributed by atoms with Gasteiger partial charge in [-0.1, -0.05) is 12.1 Å². The number of hydrogen-bond acceptors (Lipinski definition) is 3. The lowest BCUT2D eigenvalue weighted by Gasteiger charge is -2.10. The Hall–Kier alpha value is -2.15. The summed E-state index contributed by atoms with van der Waals surface area (Å²) in [7, 11) is 0. The van der Waals surface area contributed by atoms with E-state index in [1.165, 1.54) is 30.3 Å². The van der Waals surface area contributed by atoms with Crippen molar-refractivity contribution < 1.29 is 22.7 Å². The smallest absolute Gasteiger partial charge is 0.387 e. The minimum Gasteiger partial charge on any atom is -0.434 e. The van der Waals surface area contributed by atoms with Crippen molar-refractivity contribution in [3.8, 4) is 5.75 Å². The van der Waals surface area contributed by atoms with E-state index < -0.39 is 12.5 Å². The zero-order valence-corrected chi connectivity index (χ0v) is 13.5. The molecule has 128 valence electrons. The maximum atomic E-state index is 12.8. The van der Waals surface area contributed by atoms with Gasteiger partial charge in [0.1, 0.15) is 11.6 Å². The van der Waals surface area contributed by atoms with Crippen molar-refractivity contribution in [2.24, 2.45) is 0 Å². The third kappa shape index (κ3) is 5.81. The third-order valence-corrected chi connectivity index (χ3v) is 4.14. The number of hydrogen-bond donors (Lipinski definition) is 1. The molecule has 1 N–H and O–H groups in total. The van der Waals surface area contributed by atoms with E-state index in [1.807, 2.05) is 0 Å². The van der Waals surface area contributed by atoms with Gasteiger partial charge in [0.15, 0.2) is 0 Å². The first-order chi connectivity index (χ1) is 11.6. The van der Waals surface area contributed by atoms with Crippen LogP contribution in [0.1, 0.15) is 16.8 Å². The maximum absolute atomic E-state index is 12.8. The van der Waals surface area contributed by atoms with Crippen LogP contribution in [-0.4, -0.2) is 24.8 Å². The van der Waals surface area contributed by atoms with Gasteiger partial charge in [0.05, 0.1) is 5.56 Å². The fourth-order valence-corrected chi connectivity index (χ4v) is 2.80. The van der Waals surface area contributed by atoms with E-state index in [9.17, 15) is 18.0 Å². The van der Waals surface area contributed by atoms with Gasteiger partial charge in [-0.2, -0.15) is 8.78 Å². The fraction of sp³-hybridized carbons (Fsp3) is 0.235. The van der Waals surface area contributed by atoms with E-state index >= 15 is 0 Å². The third-order valence-electron chi connectivity index (χ3n) is 3.04. The SMILES string of the molecule is O=C(NCCCSc1ccc(F)cc1)c1ccccc1OC(F)F. The largest absolute Gasteiger partial charge is 0.434 e. The van der Waals surface area contributed by atoms with Gasteiger partial charge in [-0.3, -0.25) is 4.79 Å². The highest BCUT2D eigenvalue weighted by molar-refractivity contribution is 7.99. The molecule has 2 aromatic carbocycles. The molecular formula is C17H16F3NO2S. The molecule has 0 atom stereocenters. The normalized spacial score (nSPS) is 10.7. The van der Waals surface area contributed by atoms with E-state index in [4.69, 9.17) is 0 Å². The molecule has 0 fully saturated rings. The molecule has 0 radical (unpaired) electrons. The van der Waals surface area contributed by atoms with E-state index in [0.29, 0.717) is 13.0 Å². The van der Waals surface area contributed by atoms with Crippen LogP contribution in [0.2, 0.25) is 0 Å². The number of nitrogens with one attached hydrogen (secondary N) is 1. The second kappa shape index (κ2) is 9.22. The van der Waals surface area contributed by atoms with Gasteiger partial charge in [-0.05, 0) is 48.6 Å². The zero-order valence-electron chi connectivity index (χ0n) is 12.7. The fourth-order valence-electron chi connectivity index (χ4n) is 1.94. The molecule has 2 aromatic rings. The van der Waals surface area contributed by atoms with Crippen LogP contribution < -0.4 is 10.1 Å². The Morgan fingerprint density at radius 2 is 1.83 bits per heavy atom. The molecule has 0 bridgehead atoms. The van der Waals surface area contributed by atoms with Gasteiger partial charge in [-0.25, -0.2) is 4.39 Å². The molecule has 3 nitrogen and oxygen atoms in total. The minimum atomic E-state index is -2.98. The van der Waals surface area contributed by atoms with Crippen LogP contribution in [0.15, 0.2) is 53.4 Å². The molecule has 0 heterocycles. The molecule has 0 saturated carbocycles. The van der Waals surface area contributed by atoms with Gasteiger partial charge < -0.3 is 10.1 Å². The lowest BCUT2D eigenvalue weighted by Crippen LogP contribution is -2.25. The molecule has 24 heavy (non-hydrogen) atoms. The Bertz CT molecular complexity index is 665. The molecule has 0 aromatic heterocycles. The van der Waals surface area contributed by atoms with Crippen LogP contribution in [0.25, 0.3) is 0 Å². The summed E-state index contributed by atoms with van der Waals surface area (Å²) >= 11 is 1.55. The topological polar surface area (TPSA) is 38.3 Å². The summed E-state index contributed by atoms with van der Waals surface area (Å²) in [6.45, 7) is -2.58. The van der Waals surface area contributed by atoms with E-state index in [1.54, 1.807) is 30.0 Å². The summed E-state index contributed by atoms with van der Waals surface area (Å²) in [6, 6.07) is 12.0. The first-order valence-corrected chi connectivity index (χ1v) is 8.25. The quantitative estimate of drug-likeness (QED) is 0.565. The molecule has 7 heteroatoms. The molecule has 0 unspecified atom stereocenters. The molecule has 2 rings (SSSR count). The molecular weight excluding hydrogens is 339 g/mol. The zero-order chi connectivity index (χ0) is 17.4. The summed E-state index contributed by atoms with van der Waals surface area (Å²) in [5, 5.41) is 2.67. The van der Waals surface area contributed by atoms with E-state index in [2.05, 4.69) is 10.1 Å². The van der Waals surface area contributed by atoms with Crippen molar-refractivity contribution in [3.05, 3.63) is 59.9 Å². The summed E-state index contributed by atoms with van der Waals surface area (Å²) in [6.07, 6.45) is 0.686. The van der Waals surface area contributed by atoms with Crippen molar-refractivity contribution in [1.29, 1.82) is 0 Å². The molecule has 0 spiro atoms. The van der Waals surface area contributed by atoms with Crippen molar-refractivity contribution in [2.75, 3.05) is 12.3 Å². The molecule has 1 amide bonds.